The lowest BCUT2D eigenvalue weighted by Gasteiger charge is -2.25. The van der Waals surface area contributed by atoms with Gasteiger partial charge in [0.15, 0.2) is 0 Å². The highest BCUT2D eigenvalue weighted by Crippen LogP contribution is 2.24. The third kappa shape index (κ3) is 2.88. The standard InChI is InChI=1S/C16H19NO2/c18-16-6-8-17(11-14-7-9-19-12-14)15(16)10-13-4-2-1-3-5-13/h1-5,7,9,12,15-16,18H,6,8,10-11H2/t15-,16-/m0/s1. The van der Waals surface area contributed by atoms with E-state index in [1.807, 2.05) is 12.1 Å². The first-order valence-corrected chi connectivity index (χ1v) is 6.80. The van der Waals surface area contributed by atoms with Gasteiger partial charge in [-0.3, -0.25) is 4.90 Å². The summed E-state index contributed by atoms with van der Waals surface area (Å²) in [5.74, 6) is 0. The fourth-order valence-corrected chi connectivity index (χ4v) is 2.83. The average molecular weight is 257 g/mol. The Hall–Kier alpha value is -1.58. The Balaban J connectivity index is 1.70. The molecule has 0 radical (unpaired) electrons. The van der Waals surface area contributed by atoms with Crippen LogP contribution in [0.15, 0.2) is 53.3 Å². The molecule has 1 aromatic heterocycles. The van der Waals surface area contributed by atoms with Crippen LogP contribution in [0.1, 0.15) is 17.5 Å². The summed E-state index contributed by atoms with van der Waals surface area (Å²) in [4.78, 5) is 2.35. The van der Waals surface area contributed by atoms with Crippen LogP contribution in [0.3, 0.4) is 0 Å². The Bertz CT molecular complexity index is 495. The van der Waals surface area contributed by atoms with Crippen molar-refractivity contribution in [3.8, 4) is 0 Å². The van der Waals surface area contributed by atoms with Gasteiger partial charge in [0.05, 0.1) is 18.6 Å². The second kappa shape index (κ2) is 5.59. The summed E-state index contributed by atoms with van der Waals surface area (Å²) in [5.41, 5.74) is 2.46. The van der Waals surface area contributed by atoms with Gasteiger partial charge in [0, 0.05) is 24.7 Å². The minimum Gasteiger partial charge on any atom is -0.472 e. The number of rotatable bonds is 4. The van der Waals surface area contributed by atoms with E-state index in [0.717, 1.165) is 25.9 Å². The number of benzene rings is 1. The van der Waals surface area contributed by atoms with Crippen molar-refractivity contribution in [2.75, 3.05) is 6.54 Å². The monoisotopic (exact) mass is 257 g/mol. The third-order valence-corrected chi connectivity index (χ3v) is 3.88. The minimum absolute atomic E-state index is 0.206. The van der Waals surface area contributed by atoms with E-state index in [9.17, 15) is 5.11 Å². The third-order valence-electron chi connectivity index (χ3n) is 3.88. The number of nitrogens with zero attached hydrogens (tertiary/aromatic N) is 1. The lowest BCUT2D eigenvalue weighted by Crippen LogP contribution is -2.36. The van der Waals surface area contributed by atoms with Gasteiger partial charge in [0.1, 0.15) is 0 Å². The Morgan fingerprint density at radius 1 is 1.16 bits per heavy atom. The maximum absolute atomic E-state index is 10.2. The maximum Gasteiger partial charge on any atom is 0.0947 e. The molecule has 100 valence electrons. The summed E-state index contributed by atoms with van der Waals surface area (Å²) in [6.07, 6.45) is 5.01. The predicted octanol–water partition coefficient (Wildman–Crippen LogP) is 2.46. The molecule has 0 amide bonds. The van der Waals surface area contributed by atoms with Crippen LogP contribution < -0.4 is 0 Å². The zero-order valence-electron chi connectivity index (χ0n) is 10.9. The van der Waals surface area contributed by atoms with E-state index in [-0.39, 0.29) is 12.1 Å². The van der Waals surface area contributed by atoms with Crippen LogP contribution in [0.4, 0.5) is 0 Å². The first kappa shape index (κ1) is 12.5. The summed E-state index contributed by atoms with van der Waals surface area (Å²) in [6.45, 7) is 1.80. The largest absolute Gasteiger partial charge is 0.472 e. The van der Waals surface area contributed by atoms with Crippen LogP contribution >= 0.6 is 0 Å². The molecule has 1 saturated heterocycles. The van der Waals surface area contributed by atoms with Crippen molar-refractivity contribution in [2.45, 2.75) is 31.5 Å². The molecule has 0 unspecified atom stereocenters. The van der Waals surface area contributed by atoms with E-state index in [1.54, 1.807) is 12.5 Å². The Labute approximate surface area is 113 Å². The van der Waals surface area contributed by atoms with Gasteiger partial charge in [-0.15, -0.1) is 0 Å². The van der Waals surface area contributed by atoms with E-state index in [1.165, 1.54) is 11.1 Å². The molecule has 1 aliphatic rings. The van der Waals surface area contributed by atoms with Crippen LogP contribution in [0, 0.1) is 0 Å². The summed E-state index contributed by atoms with van der Waals surface area (Å²) < 4.78 is 5.12. The van der Waals surface area contributed by atoms with Crippen molar-refractivity contribution in [1.82, 2.24) is 4.90 Å². The summed E-state index contributed by atoms with van der Waals surface area (Å²) in [7, 11) is 0. The number of furan rings is 1. The van der Waals surface area contributed by atoms with Gasteiger partial charge in [-0.05, 0) is 24.5 Å². The van der Waals surface area contributed by atoms with Crippen LogP contribution in [0.25, 0.3) is 0 Å². The molecule has 3 rings (SSSR count). The molecule has 1 N–H and O–H groups in total. The summed E-state index contributed by atoms with van der Waals surface area (Å²) in [6, 6.07) is 12.6. The number of aliphatic hydroxyl groups is 1. The van der Waals surface area contributed by atoms with Crippen LogP contribution in [0.2, 0.25) is 0 Å². The molecule has 0 saturated carbocycles. The molecular weight excluding hydrogens is 238 g/mol. The minimum atomic E-state index is -0.230. The van der Waals surface area contributed by atoms with E-state index in [2.05, 4.69) is 29.2 Å². The second-order valence-corrected chi connectivity index (χ2v) is 5.22. The molecule has 1 aliphatic heterocycles. The number of aliphatic hydroxyl groups excluding tert-OH is 1. The number of hydrogen-bond acceptors (Lipinski definition) is 3. The molecule has 1 fully saturated rings. The average Bonchev–Trinajstić information content (AvgIpc) is 3.05. The van der Waals surface area contributed by atoms with Gasteiger partial charge < -0.3 is 9.52 Å². The van der Waals surface area contributed by atoms with Gasteiger partial charge in [0.2, 0.25) is 0 Å². The summed E-state index contributed by atoms with van der Waals surface area (Å²) >= 11 is 0. The van der Waals surface area contributed by atoms with Crippen molar-refractivity contribution in [3.63, 3.8) is 0 Å². The summed E-state index contributed by atoms with van der Waals surface area (Å²) in [5, 5.41) is 10.2. The van der Waals surface area contributed by atoms with Gasteiger partial charge in [-0.25, -0.2) is 0 Å². The zero-order chi connectivity index (χ0) is 13.1. The van der Waals surface area contributed by atoms with Crippen LogP contribution in [-0.2, 0) is 13.0 Å². The van der Waals surface area contributed by atoms with Crippen LogP contribution in [-0.4, -0.2) is 28.7 Å². The van der Waals surface area contributed by atoms with Crippen molar-refractivity contribution in [3.05, 3.63) is 60.1 Å². The normalized spacial score (nSPS) is 23.8. The fourth-order valence-electron chi connectivity index (χ4n) is 2.83. The van der Waals surface area contributed by atoms with Gasteiger partial charge >= 0.3 is 0 Å². The SMILES string of the molecule is O[C@H]1CCN(Cc2ccoc2)[C@H]1Cc1ccccc1. The lowest BCUT2D eigenvalue weighted by atomic mass is 10.0. The molecule has 0 aliphatic carbocycles. The predicted molar refractivity (Wildman–Crippen MR) is 73.7 cm³/mol. The fraction of sp³-hybridized carbons (Fsp3) is 0.375. The molecule has 1 aromatic carbocycles. The van der Waals surface area contributed by atoms with E-state index >= 15 is 0 Å². The van der Waals surface area contributed by atoms with Crippen molar-refractivity contribution < 1.29 is 9.52 Å². The first-order valence-electron chi connectivity index (χ1n) is 6.80. The van der Waals surface area contributed by atoms with Crippen molar-refractivity contribution in [1.29, 1.82) is 0 Å². The lowest BCUT2D eigenvalue weighted by molar-refractivity contribution is 0.112. The van der Waals surface area contributed by atoms with Gasteiger partial charge in [-0.1, -0.05) is 30.3 Å². The van der Waals surface area contributed by atoms with Gasteiger partial charge in [0.25, 0.3) is 0 Å². The molecular formula is C16H19NO2. The first-order chi connectivity index (χ1) is 9.33. The van der Waals surface area contributed by atoms with Crippen molar-refractivity contribution >= 4 is 0 Å². The Morgan fingerprint density at radius 3 is 2.74 bits per heavy atom. The number of hydrogen-bond donors (Lipinski definition) is 1. The Kier molecular flexibility index (Phi) is 3.67. The van der Waals surface area contributed by atoms with E-state index < -0.39 is 0 Å². The molecule has 2 heterocycles. The topological polar surface area (TPSA) is 36.6 Å². The second-order valence-electron chi connectivity index (χ2n) is 5.22. The molecule has 2 aromatic rings. The van der Waals surface area contributed by atoms with Crippen molar-refractivity contribution in [2.24, 2.45) is 0 Å². The van der Waals surface area contributed by atoms with E-state index in [4.69, 9.17) is 4.42 Å². The highest BCUT2D eigenvalue weighted by Gasteiger charge is 2.32. The molecule has 19 heavy (non-hydrogen) atoms. The highest BCUT2D eigenvalue weighted by atomic mass is 16.3. The molecule has 0 bridgehead atoms. The van der Waals surface area contributed by atoms with E-state index in [0.29, 0.717) is 0 Å². The molecule has 3 nitrogen and oxygen atoms in total. The van der Waals surface area contributed by atoms with Crippen LogP contribution in [0.5, 0.6) is 0 Å². The smallest absolute Gasteiger partial charge is 0.0947 e. The molecule has 3 heteroatoms. The maximum atomic E-state index is 10.2. The number of likely N-dealkylation sites (tertiary alicyclic amines) is 1. The highest BCUT2D eigenvalue weighted by molar-refractivity contribution is 5.17. The zero-order valence-corrected chi connectivity index (χ0v) is 10.9. The molecule has 0 spiro atoms. The molecule has 2 atom stereocenters. The van der Waals surface area contributed by atoms with Gasteiger partial charge in [-0.2, -0.15) is 0 Å². The Morgan fingerprint density at radius 2 is 2.00 bits per heavy atom. The quantitative estimate of drug-likeness (QED) is 0.914.